The zero-order valence-corrected chi connectivity index (χ0v) is 14.9. The number of carboxylic acid groups (broad SMARTS) is 1. The number of carbonyl (C=O) groups is 2. The summed E-state index contributed by atoms with van der Waals surface area (Å²) in [4.78, 5) is 22.0. The van der Waals surface area contributed by atoms with Crippen molar-refractivity contribution in [2.75, 3.05) is 6.54 Å². The van der Waals surface area contributed by atoms with E-state index >= 15 is 0 Å². The number of aliphatic hydroxyl groups excluding tert-OH is 2. The molecule has 1 amide bonds. The second kappa shape index (κ2) is 9.30. The molecule has 0 aliphatic carbocycles. The second-order valence-electron chi connectivity index (χ2n) is 6.68. The molecule has 2 atom stereocenters. The molecular formula is C18H24FNO6. The van der Waals surface area contributed by atoms with Crippen molar-refractivity contribution in [1.29, 1.82) is 0 Å². The average molecular weight is 369 g/mol. The van der Waals surface area contributed by atoms with Gasteiger partial charge in [0.2, 0.25) is 0 Å². The highest BCUT2D eigenvalue weighted by Crippen LogP contribution is 2.22. The first-order valence-electron chi connectivity index (χ1n) is 8.03. The standard InChI is InChI=1S/C18H24FNO6/c1-18(2,3)26-17(25)20-9-8-14(21)16(24)12-4-6-13(19)11(10-12)5-7-15(22)23/h4-7,10,14,16,21,24H,8-9H2,1-3H3,(H,20,25)(H,22,23)/b7-5+. The predicted molar refractivity (Wildman–Crippen MR) is 92.9 cm³/mol. The number of benzene rings is 1. The van der Waals surface area contributed by atoms with E-state index in [9.17, 15) is 24.2 Å². The van der Waals surface area contributed by atoms with Gasteiger partial charge < -0.3 is 25.4 Å². The molecule has 26 heavy (non-hydrogen) atoms. The maximum atomic E-state index is 13.7. The van der Waals surface area contributed by atoms with Crippen LogP contribution in [0.25, 0.3) is 6.08 Å². The summed E-state index contributed by atoms with van der Waals surface area (Å²) in [6.45, 7) is 5.22. The molecule has 0 saturated carbocycles. The molecule has 1 aromatic rings. The Morgan fingerprint density at radius 3 is 2.54 bits per heavy atom. The predicted octanol–water partition coefficient (Wildman–Crippen LogP) is 2.23. The number of rotatable bonds is 7. The van der Waals surface area contributed by atoms with Gasteiger partial charge in [0.25, 0.3) is 0 Å². The summed E-state index contributed by atoms with van der Waals surface area (Å²) >= 11 is 0. The van der Waals surface area contributed by atoms with Gasteiger partial charge in [-0.2, -0.15) is 0 Å². The van der Waals surface area contributed by atoms with E-state index in [1.54, 1.807) is 20.8 Å². The molecule has 0 aromatic heterocycles. The molecule has 1 aromatic carbocycles. The summed E-state index contributed by atoms with van der Waals surface area (Å²) < 4.78 is 18.7. The van der Waals surface area contributed by atoms with Gasteiger partial charge in [0.1, 0.15) is 17.5 Å². The number of hydrogen-bond donors (Lipinski definition) is 4. The lowest BCUT2D eigenvalue weighted by Crippen LogP contribution is -2.34. The third-order valence-corrected chi connectivity index (χ3v) is 3.24. The van der Waals surface area contributed by atoms with Crippen LogP contribution < -0.4 is 5.32 Å². The number of hydrogen-bond acceptors (Lipinski definition) is 5. The lowest BCUT2D eigenvalue weighted by Gasteiger charge is -2.21. The van der Waals surface area contributed by atoms with E-state index in [1.807, 2.05) is 0 Å². The average Bonchev–Trinajstić information content (AvgIpc) is 2.51. The Kier molecular flexibility index (Phi) is 7.73. The van der Waals surface area contributed by atoms with Crippen LogP contribution in [0.1, 0.15) is 44.4 Å². The number of aliphatic hydroxyl groups is 2. The van der Waals surface area contributed by atoms with Gasteiger partial charge in [-0.25, -0.2) is 14.0 Å². The summed E-state index contributed by atoms with van der Waals surface area (Å²) in [5.74, 6) is -1.89. The van der Waals surface area contributed by atoms with E-state index in [0.717, 1.165) is 18.2 Å². The fourth-order valence-electron chi connectivity index (χ4n) is 2.05. The zero-order valence-electron chi connectivity index (χ0n) is 14.9. The van der Waals surface area contributed by atoms with Crippen LogP contribution in [0.15, 0.2) is 24.3 Å². The Labute approximate surface area is 151 Å². The van der Waals surface area contributed by atoms with Gasteiger partial charge in [-0.1, -0.05) is 6.07 Å². The molecule has 0 saturated heterocycles. The van der Waals surface area contributed by atoms with Crippen molar-refractivity contribution < 1.29 is 34.0 Å². The summed E-state index contributed by atoms with van der Waals surface area (Å²) in [6.07, 6.45) is -1.31. The molecule has 2 unspecified atom stereocenters. The normalized spacial score (nSPS) is 14.1. The van der Waals surface area contributed by atoms with Gasteiger partial charge >= 0.3 is 12.1 Å². The Morgan fingerprint density at radius 1 is 1.31 bits per heavy atom. The first-order chi connectivity index (χ1) is 12.0. The first kappa shape index (κ1) is 21.6. The molecule has 7 nitrogen and oxygen atoms in total. The molecule has 144 valence electrons. The van der Waals surface area contributed by atoms with E-state index in [1.165, 1.54) is 12.1 Å². The molecule has 0 heterocycles. The third kappa shape index (κ3) is 7.62. The van der Waals surface area contributed by atoms with Gasteiger partial charge in [0, 0.05) is 18.2 Å². The van der Waals surface area contributed by atoms with Crippen LogP contribution in [0.4, 0.5) is 9.18 Å². The number of halogens is 1. The van der Waals surface area contributed by atoms with Crippen LogP contribution in [0.3, 0.4) is 0 Å². The summed E-state index contributed by atoms with van der Waals surface area (Å²) in [6, 6.07) is 3.62. The minimum absolute atomic E-state index is 0.0250. The van der Waals surface area contributed by atoms with E-state index in [0.29, 0.717) is 0 Å². The molecule has 0 radical (unpaired) electrons. The van der Waals surface area contributed by atoms with E-state index < -0.39 is 35.7 Å². The van der Waals surface area contributed by atoms with Crippen molar-refractivity contribution in [3.8, 4) is 0 Å². The number of aliphatic carboxylic acids is 1. The van der Waals surface area contributed by atoms with Crippen molar-refractivity contribution in [2.24, 2.45) is 0 Å². The van der Waals surface area contributed by atoms with Gasteiger partial charge in [0.15, 0.2) is 0 Å². The van der Waals surface area contributed by atoms with Crippen LogP contribution in [0, 0.1) is 5.82 Å². The minimum atomic E-state index is -1.33. The van der Waals surface area contributed by atoms with E-state index in [2.05, 4.69) is 5.32 Å². The van der Waals surface area contributed by atoms with Crippen LogP contribution in [0.5, 0.6) is 0 Å². The van der Waals surface area contributed by atoms with Crippen molar-refractivity contribution in [2.45, 2.75) is 45.0 Å². The SMILES string of the molecule is CC(C)(C)OC(=O)NCCC(O)C(O)c1ccc(F)c(/C=C/C(=O)O)c1. The second-order valence-corrected chi connectivity index (χ2v) is 6.68. The molecule has 8 heteroatoms. The third-order valence-electron chi connectivity index (χ3n) is 3.24. The lowest BCUT2D eigenvalue weighted by atomic mass is 9.99. The van der Waals surface area contributed by atoms with Crippen molar-refractivity contribution in [3.05, 3.63) is 41.2 Å². The van der Waals surface area contributed by atoms with Crippen LogP contribution in [-0.2, 0) is 9.53 Å². The summed E-state index contributed by atoms with van der Waals surface area (Å²) in [7, 11) is 0. The topological polar surface area (TPSA) is 116 Å². The number of amides is 1. The Balaban J connectivity index is 2.65. The number of carboxylic acids is 1. The van der Waals surface area contributed by atoms with Gasteiger partial charge in [-0.05, 0) is 51.0 Å². The van der Waals surface area contributed by atoms with Crippen LogP contribution in [-0.4, -0.2) is 45.6 Å². The fourth-order valence-corrected chi connectivity index (χ4v) is 2.05. The van der Waals surface area contributed by atoms with Crippen LogP contribution in [0.2, 0.25) is 0 Å². The first-order valence-corrected chi connectivity index (χ1v) is 8.03. The van der Waals surface area contributed by atoms with Crippen LogP contribution >= 0.6 is 0 Å². The minimum Gasteiger partial charge on any atom is -0.478 e. The molecule has 1 rings (SSSR count). The molecule has 0 aliphatic heterocycles. The summed E-state index contributed by atoms with van der Waals surface area (Å²) in [5.41, 5.74) is -0.444. The molecule has 4 N–H and O–H groups in total. The Bertz CT molecular complexity index is 668. The highest BCUT2D eigenvalue weighted by atomic mass is 19.1. The van der Waals surface area contributed by atoms with E-state index in [4.69, 9.17) is 9.84 Å². The van der Waals surface area contributed by atoms with Gasteiger partial charge in [0.05, 0.1) is 6.10 Å². The maximum Gasteiger partial charge on any atom is 0.407 e. The largest absolute Gasteiger partial charge is 0.478 e. The Hall–Kier alpha value is -2.45. The fraction of sp³-hybridized carbons (Fsp3) is 0.444. The molecule has 0 spiro atoms. The maximum absolute atomic E-state index is 13.7. The highest BCUT2D eigenvalue weighted by molar-refractivity contribution is 5.85. The number of alkyl carbamates (subject to hydrolysis) is 1. The monoisotopic (exact) mass is 369 g/mol. The lowest BCUT2D eigenvalue weighted by molar-refractivity contribution is -0.131. The van der Waals surface area contributed by atoms with Gasteiger partial charge in [-0.15, -0.1) is 0 Å². The summed E-state index contributed by atoms with van der Waals surface area (Å²) in [5, 5.41) is 31.3. The molecule has 0 bridgehead atoms. The van der Waals surface area contributed by atoms with Gasteiger partial charge in [-0.3, -0.25) is 0 Å². The molecule has 0 fully saturated rings. The smallest absolute Gasteiger partial charge is 0.407 e. The number of carbonyl (C=O) groups excluding carboxylic acids is 1. The highest BCUT2D eigenvalue weighted by Gasteiger charge is 2.20. The molecule has 0 aliphatic rings. The molecular weight excluding hydrogens is 345 g/mol. The van der Waals surface area contributed by atoms with Crippen molar-refractivity contribution in [3.63, 3.8) is 0 Å². The van der Waals surface area contributed by atoms with Crippen molar-refractivity contribution >= 4 is 18.1 Å². The Morgan fingerprint density at radius 2 is 1.96 bits per heavy atom. The van der Waals surface area contributed by atoms with Crippen molar-refractivity contribution in [1.82, 2.24) is 5.32 Å². The number of ether oxygens (including phenoxy) is 1. The van der Waals surface area contributed by atoms with E-state index in [-0.39, 0.29) is 24.1 Å². The zero-order chi connectivity index (χ0) is 19.9. The number of nitrogens with one attached hydrogen (secondary N) is 1. The quantitative estimate of drug-likeness (QED) is 0.548.